The number of carbonyl (C=O) groups is 1. The number of nitrogens with zero attached hydrogens (tertiary/aromatic N) is 1. The van der Waals surface area contributed by atoms with Gasteiger partial charge in [-0.1, -0.05) is 26.7 Å². The van der Waals surface area contributed by atoms with Crippen molar-refractivity contribution in [3.05, 3.63) is 0 Å². The Morgan fingerprint density at radius 3 is 2.25 bits per heavy atom. The molecule has 1 heterocycles. The van der Waals surface area contributed by atoms with Crippen LogP contribution in [0, 0.1) is 5.41 Å². The summed E-state index contributed by atoms with van der Waals surface area (Å²) in [6.07, 6.45) is 4.79. The highest BCUT2D eigenvalue weighted by Gasteiger charge is 2.32. The van der Waals surface area contributed by atoms with Gasteiger partial charge in [-0.05, 0) is 31.3 Å². The lowest BCUT2D eigenvalue weighted by Crippen LogP contribution is -2.43. The SMILES string of the molecule is CCC1(CC)CCN(CC(Cl)C(=O)O)CC1. The fourth-order valence-electron chi connectivity index (χ4n) is 2.47. The third-order valence-electron chi connectivity index (χ3n) is 4.10. The molecule has 1 aliphatic rings. The summed E-state index contributed by atoms with van der Waals surface area (Å²) >= 11 is 5.75. The first-order valence-corrected chi connectivity index (χ1v) is 6.56. The number of halogens is 1. The quantitative estimate of drug-likeness (QED) is 0.760. The molecular formula is C12H22ClNO2. The molecule has 1 atom stereocenters. The molecule has 0 aliphatic carbocycles. The third-order valence-corrected chi connectivity index (χ3v) is 4.43. The van der Waals surface area contributed by atoms with E-state index in [2.05, 4.69) is 18.7 Å². The van der Waals surface area contributed by atoms with E-state index in [0.29, 0.717) is 12.0 Å². The van der Waals surface area contributed by atoms with E-state index >= 15 is 0 Å². The summed E-state index contributed by atoms with van der Waals surface area (Å²) in [5.74, 6) is -0.913. The molecule has 0 amide bonds. The Balaban J connectivity index is 2.40. The monoisotopic (exact) mass is 247 g/mol. The second-order valence-electron chi connectivity index (χ2n) is 4.81. The predicted molar refractivity (Wildman–Crippen MR) is 66.0 cm³/mol. The van der Waals surface area contributed by atoms with Crippen molar-refractivity contribution < 1.29 is 9.90 Å². The first kappa shape index (κ1) is 13.8. The summed E-state index contributed by atoms with van der Waals surface area (Å²) in [7, 11) is 0. The van der Waals surface area contributed by atoms with E-state index in [9.17, 15) is 4.79 Å². The molecule has 1 fully saturated rings. The summed E-state index contributed by atoms with van der Waals surface area (Å²) in [5.41, 5.74) is 0.488. The Hall–Kier alpha value is -0.280. The van der Waals surface area contributed by atoms with Gasteiger partial charge in [0.1, 0.15) is 5.38 Å². The molecule has 0 bridgehead atoms. The van der Waals surface area contributed by atoms with Crippen molar-refractivity contribution in [3.8, 4) is 0 Å². The molecule has 0 spiro atoms. The molecule has 94 valence electrons. The first-order valence-electron chi connectivity index (χ1n) is 6.12. The van der Waals surface area contributed by atoms with E-state index in [-0.39, 0.29) is 0 Å². The van der Waals surface area contributed by atoms with Crippen LogP contribution in [0.15, 0.2) is 0 Å². The molecule has 0 aromatic heterocycles. The van der Waals surface area contributed by atoms with Crippen LogP contribution in [0.1, 0.15) is 39.5 Å². The lowest BCUT2D eigenvalue weighted by molar-refractivity contribution is -0.137. The van der Waals surface area contributed by atoms with Gasteiger partial charge < -0.3 is 10.0 Å². The largest absolute Gasteiger partial charge is 0.480 e. The van der Waals surface area contributed by atoms with Crippen LogP contribution in [-0.2, 0) is 4.79 Å². The maximum absolute atomic E-state index is 10.7. The Kier molecular flexibility index (Phi) is 5.06. The minimum Gasteiger partial charge on any atom is -0.480 e. The lowest BCUT2D eigenvalue weighted by atomic mass is 9.74. The summed E-state index contributed by atoms with van der Waals surface area (Å²) in [6, 6.07) is 0. The third kappa shape index (κ3) is 3.36. The molecule has 1 unspecified atom stereocenters. The summed E-state index contributed by atoms with van der Waals surface area (Å²) < 4.78 is 0. The smallest absolute Gasteiger partial charge is 0.322 e. The van der Waals surface area contributed by atoms with Gasteiger partial charge in [-0.25, -0.2) is 0 Å². The maximum atomic E-state index is 10.7. The Morgan fingerprint density at radius 1 is 1.38 bits per heavy atom. The molecule has 1 aliphatic heterocycles. The van der Waals surface area contributed by atoms with E-state index in [1.165, 1.54) is 25.7 Å². The summed E-state index contributed by atoms with van der Waals surface area (Å²) in [6.45, 7) is 6.94. The van der Waals surface area contributed by atoms with Crippen molar-refractivity contribution >= 4 is 17.6 Å². The lowest BCUT2D eigenvalue weighted by Gasteiger charge is -2.41. The van der Waals surface area contributed by atoms with Crippen LogP contribution in [0.2, 0.25) is 0 Å². The molecule has 4 heteroatoms. The van der Waals surface area contributed by atoms with E-state index in [0.717, 1.165) is 13.1 Å². The number of hydrogen-bond donors (Lipinski definition) is 1. The average Bonchev–Trinajstić information content (AvgIpc) is 2.30. The number of carboxylic acids is 1. The Bertz CT molecular complexity index is 231. The maximum Gasteiger partial charge on any atom is 0.322 e. The number of hydrogen-bond acceptors (Lipinski definition) is 2. The van der Waals surface area contributed by atoms with Gasteiger partial charge in [0, 0.05) is 6.54 Å². The van der Waals surface area contributed by atoms with Crippen LogP contribution in [0.3, 0.4) is 0 Å². The van der Waals surface area contributed by atoms with Gasteiger partial charge in [0.15, 0.2) is 0 Å². The van der Waals surface area contributed by atoms with Crippen molar-refractivity contribution in [2.75, 3.05) is 19.6 Å². The number of rotatable bonds is 5. The summed E-state index contributed by atoms with van der Waals surface area (Å²) in [4.78, 5) is 12.8. The van der Waals surface area contributed by atoms with Crippen LogP contribution >= 0.6 is 11.6 Å². The molecule has 0 radical (unpaired) electrons. The number of likely N-dealkylation sites (tertiary alicyclic amines) is 1. The van der Waals surface area contributed by atoms with Gasteiger partial charge in [-0.3, -0.25) is 4.79 Å². The standard InChI is InChI=1S/C12H22ClNO2/c1-3-12(4-2)5-7-14(8-6-12)9-10(13)11(15)16/h10H,3-9H2,1-2H3,(H,15,16). The van der Waals surface area contributed by atoms with Gasteiger partial charge in [-0.2, -0.15) is 0 Å². The average molecular weight is 248 g/mol. The molecule has 0 saturated carbocycles. The van der Waals surface area contributed by atoms with Gasteiger partial charge in [0.05, 0.1) is 0 Å². The second-order valence-corrected chi connectivity index (χ2v) is 5.34. The zero-order valence-electron chi connectivity index (χ0n) is 10.2. The number of alkyl halides is 1. The minimum atomic E-state index is -0.913. The molecule has 0 aromatic rings. The van der Waals surface area contributed by atoms with Gasteiger partial charge in [0.25, 0.3) is 0 Å². The van der Waals surface area contributed by atoms with Crippen LogP contribution < -0.4 is 0 Å². The summed E-state index contributed by atoms with van der Waals surface area (Å²) in [5, 5.41) is 7.98. The number of piperidine rings is 1. The molecular weight excluding hydrogens is 226 g/mol. The molecule has 1 rings (SSSR count). The highest BCUT2D eigenvalue weighted by Crippen LogP contribution is 2.37. The van der Waals surface area contributed by atoms with Gasteiger partial charge >= 0.3 is 5.97 Å². The fourth-order valence-corrected chi connectivity index (χ4v) is 2.67. The zero-order valence-corrected chi connectivity index (χ0v) is 11.0. The van der Waals surface area contributed by atoms with Crippen molar-refractivity contribution in [2.45, 2.75) is 44.9 Å². The Labute approximate surface area is 103 Å². The van der Waals surface area contributed by atoms with Crippen molar-refractivity contribution in [1.82, 2.24) is 4.90 Å². The zero-order chi connectivity index (χ0) is 12.2. The van der Waals surface area contributed by atoms with Gasteiger partial charge in [-0.15, -0.1) is 11.6 Å². The molecule has 0 aromatic carbocycles. The van der Waals surface area contributed by atoms with Crippen LogP contribution in [0.4, 0.5) is 0 Å². The highest BCUT2D eigenvalue weighted by atomic mass is 35.5. The Morgan fingerprint density at radius 2 is 1.88 bits per heavy atom. The van der Waals surface area contributed by atoms with E-state index in [1.807, 2.05) is 0 Å². The second kappa shape index (κ2) is 5.87. The highest BCUT2D eigenvalue weighted by molar-refractivity contribution is 6.29. The van der Waals surface area contributed by atoms with Crippen molar-refractivity contribution in [3.63, 3.8) is 0 Å². The molecule has 1 N–H and O–H groups in total. The van der Waals surface area contributed by atoms with Crippen molar-refractivity contribution in [2.24, 2.45) is 5.41 Å². The fraction of sp³-hybridized carbons (Fsp3) is 0.917. The molecule has 3 nitrogen and oxygen atoms in total. The van der Waals surface area contributed by atoms with Crippen LogP contribution in [-0.4, -0.2) is 41.0 Å². The number of carboxylic acid groups (broad SMARTS) is 1. The van der Waals surface area contributed by atoms with Crippen LogP contribution in [0.5, 0.6) is 0 Å². The molecule has 16 heavy (non-hydrogen) atoms. The van der Waals surface area contributed by atoms with E-state index < -0.39 is 11.3 Å². The van der Waals surface area contributed by atoms with E-state index in [4.69, 9.17) is 16.7 Å². The minimum absolute atomic E-state index is 0.473. The topological polar surface area (TPSA) is 40.5 Å². The van der Waals surface area contributed by atoms with Crippen LogP contribution in [0.25, 0.3) is 0 Å². The van der Waals surface area contributed by atoms with Crippen molar-refractivity contribution in [1.29, 1.82) is 0 Å². The number of aliphatic carboxylic acids is 1. The van der Waals surface area contributed by atoms with Gasteiger partial charge in [0.2, 0.25) is 0 Å². The normalized spacial score (nSPS) is 22.9. The molecule has 1 saturated heterocycles. The first-order chi connectivity index (χ1) is 7.53. The van der Waals surface area contributed by atoms with E-state index in [1.54, 1.807) is 0 Å². The predicted octanol–water partition coefficient (Wildman–Crippen LogP) is 2.58.